The molecule has 0 saturated carbocycles. The zero-order valence-electron chi connectivity index (χ0n) is 16.5. The van der Waals surface area contributed by atoms with Crippen LogP contribution in [0, 0.1) is 13.8 Å². The number of carbonyl (C=O) groups excluding carboxylic acids is 4. The average molecular weight is 394 g/mol. The van der Waals surface area contributed by atoms with Gasteiger partial charge in [0.2, 0.25) is 5.78 Å². The van der Waals surface area contributed by atoms with E-state index in [1.54, 1.807) is 36.4 Å². The van der Waals surface area contributed by atoms with E-state index in [2.05, 4.69) is 0 Å². The summed E-state index contributed by atoms with van der Waals surface area (Å²) in [7, 11) is 1.47. The van der Waals surface area contributed by atoms with Crippen LogP contribution in [0.25, 0.3) is 0 Å². The first-order chi connectivity index (χ1) is 13.8. The maximum Gasteiger partial charge on any atom is 0.327 e. The highest BCUT2D eigenvalue weighted by Crippen LogP contribution is 2.24. The molecule has 1 atom stereocenters. The van der Waals surface area contributed by atoms with E-state index in [-0.39, 0.29) is 12.3 Å². The first-order valence-corrected chi connectivity index (χ1v) is 9.18. The molecule has 3 amide bonds. The standard InChI is InChI=1S/C22H22N2O5/c1-14-4-8-16(9-5-14)20(27)21(17-10-6-15(2)7-11-17)29-19(26)13-24-18(25)12-23(3)22(24)28/h4-11,21H,12-13H2,1-3H3/t21-/m0/s1. The van der Waals surface area contributed by atoms with E-state index >= 15 is 0 Å². The summed E-state index contributed by atoms with van der Waals surface area (Å²) in [4.78, 5) is 51.5. The quantitative estimate of drug-likeness (QED) is 0.427. The van der Waals surface area contributed by atoms with Gasteiger partial charge in [0.1, 0.15) is 13.1 Å². The Morgan fingerprint density at radius 1 is 0.966 bits per heavy atom. The highest BCUT2D eigenvalue weighted by atomic mass is 16.5. The molecule has 0 spiro atoms. The molecule has 1 aliphatic rings. The second-order valence-electron chi connectivity index (χ2n) is 7.13. The van der Waals surface area contributed by atoms with E-state index in [0.717, 1.165) is 16.0 Å². The fraction of sp³-hybridized carbons (Fsp3) is 0.273. The second-order valence-corrected chi connectivity index (χ2v) is 7.13. The Bertz CT molecular complexity index is 950. The number of imide groups is 1. The summed E-state index contributed by atoms with van der Waals surface area (Å²) in [6, 6.07) is 13.5. The minimum atomic E-state index is -1.17. The highest BCUT2D eigenvalue weighted by molar-refractivity contribution is 6.04. The van der Waals surface area contributed by atoms with Gasteiger partial charge in [-0.15, -0.1) is 0 Å². The van der Waals surface area contributed by atoms with Gasteiger partial charge in [-0.3, -0.25) is 19.3 Å². The lowest BCUT2D eigenvalue weighted by molar-refractivity contribution is -0.150. The Kier molecular flexibility index (Phi) is 5.77. The smallest absolute Gasteiger partial charge is 0.327 e. The molecule has 0 aromatic heterocycles. The number of carbonyl (C=O) groups is 4. The van der Waals surface area contributed by atoms with Crippen LogP contribution in [0.4, 0.5) is 4.79 Å². The monoisotopic (exact) mass is 394 g/mol. The largest absolute Gasteiger partial charge is 0.448 e. The summed E-state index contributed by atoms with van der Waals surface area (Å²) in [5.41, 5.74) is 2.92. The van der Waals surface area contributed by atoms with Crippen molar-refractivity contribution in [1.82, 2.24) is 9.80 Å². The van der Waals surface area contributed by atoms with Gasteiger partial charge in [0.05, 0.1) is 0 Å². The van der Waals surface area contributed by atoms with Crippen molar-refractivity contribution in [1.29, 1.82) is 0 Å². The molecule has 0 unspecified atom stereocenters. The predicted molar refractivity (Wildman–Crippen MR) is 105 cm³/mol. The van der Waals surface area contributed by atoms with Gasteiger partial charge in [-0.2, -0.15) is 0 Å². The molecule has 1 saturated heterocycles. The number of rotatable bonds is 6. The van der Waals surface area contributed by atoms with Gasteiger partial charge in [0, 0.05) is 18.2 Å². The van der Waals surface area contributed by atoms with Gasteiger partial charge in [0.25, 0.3) is 5.91 Å². The molecule has 2 aromatic rings. The average Bonchev–Trinajstić information content (AvgIpc) is 2.93. The molecule has 0 bridgehead atoms. The molecular weight excluding hydrogens is 372 g/mol. The fourth-order valence-corrected chi connectivity index (χ4v) is 3.01. The van der Waals surface area contributed by atoms with Crippen LogP contribution >= 0.6 is 0 Å². The molecule has 0 aliphatic carbocycles. The van der Waals surface area contributed by atoms with Crippen LogP contribution < -0.4 is 0 Å². The van der Waals surface area contributed by atoms with E-state index in [4.69, 9.17) is 4.74 Å². The Hall–Kier alpha value is -3.48. The molecule has 1 heterocycles. The SMILES string of the molecule is Cc1ccc(C(=O)[C@@H](OC(=O)CN2C(=O)CN(C)C2=O)c2ccc(C)cc2)cc1. The molecule has 1 aliphatic heterocycles. The van der Waals surface area contributed by atoms with Crippen molar-refractivity contribution in [3.8, 4) is 0 Å². The third-order valence-corrected chi connectivity index (χ3v) is 4.72. The van der Waals surface area contributed by atoms with Crippen molar-refractivity contribution in [3.05, 3.63) is 70.8 Å². The molecule has 1 fully saturated rings. The first-order valence-electron chi connectivity index (χ1n) is 9.18. The lowest BCUT2D eigenvalue weighted by Gasteiger charge is -2.20. The van der Waals surface area contributed by atoms with Crippen LogP contribution in [-0.4, -0.2) is 53.6 Å². The van der Waals surface area contributed by atoms with Gasteiger partial charge in [0.15, 0.2) is 6.10 Å². The summed E-state index contributed by atoms with van der Waals surface area (Å²) in [5, 5.41) is 0. The molecular formula is C22H22N2O5. The topological polar surface area (TPSA) is 84.0 Å². The van der Waals surface area contributed by atoms with Gasteiger partial charge in [-0.1, -0.05) is 59.7 Å². The Labute approximate surface area is 168 Å². The third-order valence-electron chi connectivity index (χ3n) is 4.72. The molecule has 7 nitrogen and oxygen atoms in total. The summed E-state index contributed by atoms with van der Waals surface area (Å²) in [5.74, 6) is -1.68. The number of Topliss-reactive ketones (excluding diaryl/α,β-unsaturated/α-hetero) is 1. The number of amides is 3. The zero-order chi connectivity index (χ0) is 21.1. The van der Waals surface area contributed by atoms with Crippen LogP contribution in [0.2, 0.25) is 0 Å². The number of hydrogen-bond donors (Lipinski definition) is 0. The highest BCUT2D eigenvalue weighted by Gasteiger charge is 2.36. The number of nitrogens with zero attached hydrogens (tertiary/aromatic N) is 2. The van der Waals surface area contributed by atoms with E-state index < -0.39 is 30.6 Å². The van der Waals surface area contributed by atoms with E-state index in [0.29, 0.717) is 11.1 Å². The molecule has 7 heteroatoms. The van der Waals surface area contributed by atoms with Gasteiger partial charge >= 0.3 is 12.0 Å². The number of aryl methyl sites for hydroxylation is 2. The lowest BCUT2D eigenvalue weighted by atomic mass is 9.98. The number of hydrogen-bond acceptors (Lipinski definition) is 5. The van der Waals surface area contributed by atoms with Crippen LogP contribution in [0.1, 0.15) is 33.2 Å². The maximum atomic E-state index is 13.1. The maximum absolute atomic E-state index is 13.1. The summed E-state index contributed by atoms with van der Waals surface area (Å²) in [6.45, 7) is 3.20. The fourth-order valence-electron chi connectivity index (χ4n) is 3.01. The normalized spacial score (nSPS) is 14.9. The minimum Gasteiger partial charge on any atom is -0.448 e. The van der Waals surface area contributed by atoms with Crippen LogP contribution in [0.5, 0.6) is 0 Å². The predicted octanol–water partition coefficient (Wildman–Crippen LogP) is 2.66. The first kappa shape index (κ1) is 20.3. The van der Waals surface area contributed by atoms with Gasteiger partial charge in [-0.05, 0) is 13.8 Å². The van der Waals surface area contributed by atoms with Crippen LogP contribution in [-0.2, 0) is 14.3 Å². The number of likely N-dealkylation sites (N-methyl/N-ethyl adjacent to an activating group) is 1. The molecule has 3 rings (SSSR count). The number of ketones is 1. The summed E-state index contributed by atoms with van der Waals surface area (Å²) < 4.78 is 5.46. The Morgan fingerprint density at radius 3 is 2.03 bits per heavy atom. The molecule has 2 aromatic carbocycles. The minimum absolute atomic E-state index is 0.0875. The lowest BCUT2D eigenvalue weighted by Crippen LogP contribution is -2.37. The molecule has 150 valence electrons. The van der Waals surface area contributed by atoms with E-state index in [9.17, 15) is 19.2 Å². The van der Waals surface area contributed by atoms with E-state index in [1.807, 2.05) is 26.0 Å². The van der Waals surface area contributed by atoms with Crippen LogP contribution in [0.3, 0.4) is 0 Å². The van der Waals surface area contributed by atoms with Crippen LogP contribution in [0.15, 0.2) is 48.5 Å². The van der Waals surface area contributed by atoms with Crippen molar-refractivity contribution in [2.75, 3.05) is 20.1 Å². The van der Waals surface area contributed by atoms with Crippen molar-refractivity contribution in [2.45, 2.75) is 20.0 Å². The molecule has 0 radical (unpaired) electrons. The van der Waals surface area contributed by atoms with Gasteiger partial charge < -0.3 is 9.64 Å². The number of ether oxygens (including phenoxy) is 1. The Balaban J connectivity index is 1.83. The zero-order valence-corrected chi connectivity index (χ0v) is 16.5. The Morgan fingerprint density at radius 2 is 1.52 bits per heavy atom. The second kappa shape index (κ2) is 8.26. The van der Waals surface area contributed by atoms with Gasteiger partial charge in [-0.25, -0.2) is 4.79 Å². The van der Waals surface area contributed by atoms with Crippen molar-refractivity contribution < 1.29 is 23.9 Å². The third kappa shape index (κ3) is 4.51. The summed E-state index contributed by atoms with van der Waals surface area (Å²) >= 11 is 0. The molecule has 0 N–H and O–H groups in total. The van der Waals surface area contributed by atoms with Crippen molar-refractivity contribution >= 4 is 23.7 Å². The molecule has 29 heavy (non-hydrogen) atoms. The van der Waals surface area contributed by atoms with Crippen molar-refractivity contribution in [3.63, 3.8) is 0 Å². The van der Waals surface area contributed by atoms with Crippen molar-refractivity contribution in [2.24, 2.45) is 0 Å². The summed E-state index contributed by atoms with van der Waals surface area (Å²) in [6.07, 6.45) is -1.17. The number of urea groups is 1. The van der Waals surface area contributed by atoms with E-state index in [1.165, 1.54) is 11.9 Å². The number of esters is 1. The number of benzene rings is 2.